The van der Waals surface area contributed by atoms with Crippen LogP contribution in [-0.4, -0.2) is 37.4 Å². The first-order chi connectivity index (χ1) is 9.75. The Hall–Kier alpha value is -0.601. The summed E-state index contributed by atoms with van der Waals surface area (Å²) in [6, 6.07) is 17.1. The molecule has 4 rings (SSSR count). The first kappa shape index (κ1) is 13.1. The van der Waals surface area contributed by atoms with Gasteiger partial charge in [0.1, 0.15) is 0 Å². The normalized spacial score (nSPS) is 20.2. The van der Waals surface area contributed by atoms with Gasteiger partial charge in [-0.1, -0.05) is 0 Å². The molecule has 0 atom stereocenters. The van der Waals surface area contributed by atoms with Crippen LogP contribution in [0, 0.1) is 0 Å². The second kappa shape index (κ2) is 4.99. The SMILES string of the molecule is S=C1[Se]/C(=C2/[Se]C(=S)c3ccccc32)c2ccccc21. The Morgan fingerprint density at radius 3 is 1.30 bits per heavy atom. The molecule has 2 aliphatic heterocycles. The van der Waals surface area contributed by atoms with Crippen LogP contribution in [0.25, 0.3) is 8.94 Å². The van der Waals surface area contributed by atoms with Crippen molar-refractivity contribution in [2.24, 2.45) is 0 Å². The van der Waals surface area contributed by atoms with E-state index in [0.717, 1.165) is 7.53 Å². The average Bonchev–Trinajstić information content (AvgIpc) is 2.99. The van der Waals surface area contributed by atoms with Gasteiger partial charge in [-0.3, -0.25) is 0 Å². The molecule has 0 spiro atoms. The monoisotopic (exact) mass is 424 g/mol. The van der Waals surface area contributed by atoms with E-state index in [0.29, 0.717) is 0 Å². The summed E-state index contributed by atoms with van der Waals surface area (Å²) < 4.78 is 5.18. The summed E-state index contributed by atoms with van der Waals surface area (Å²) in [5.41, 5.74) is 5.20. The average molecular weight is 422 g/mol. The van der Waals surface area contributed by atoms with Crippen LogP contribution in [0.3, 0.4) is 0 Å². The number of hydrogen-bond donors (Lipinski definition) is 0. The predicted octanol–water partition coefficient (Wildman–Crippen LogP) is 3.30. The third-order valence-corrected chi connectivity index (χ3v) is 9.68. The van der Waals surface area contributed by atoms with E-state index in [9.17, 15) is 0 Å². The molecule has 0 saturated heterocycles. The van der Waals surface area contributed by atoms with E-state index in [1.165, 1.54) is 31.2 Å². The summed E-state index contributed by atoms with van der Waals surface area (Å²) in [5.74, 6) is 0. The molecular weight excluding hydrogens is 414 g/mol. The molecule has 0 saturated carbocycles. The van der Waals surface area contributed by atoms with Crippen molar-refractivity contribution < 1.29 is 0 Å². The molecule has 0 unspecified atom stereocenters. The van der Waals surface area contributed by atoms with Crippen molar-refractivity contribution in [3.63, 3.8) is 0 Å². The maximum atomic E-state index is 5.58. The summed E-state index contributed by atoms with van der Waals surface area (Å²) in [6.07, 6.45) is 0. The second-order valence-corrected chi connectivity index (χ2v) is 10.8. The second-order valence-electron chi connectivity index (χ2n) is 4.53. The van der Waals surface area contributed by atoms with Gasteiger partial charge in [0.15, 0.2) is 0 Å². The van der Waals surface area contributed by atoms with Gasteiger partial charge in [0.25, 0.3) is 0 Å². The molecule has 2 aromatic carbocycles. The van der Waals surface area contributed by atoms with Crippen molar-refractivity contribution in [2.45, 2.75) is 0 Å². The van der Waals surface area contributed by atoms with E-state index >= 15 is 0 Å². The van der Waals surface area contributed by atoms with Gasteiger partial charge in [-0.15, -0.1) is 0 Å². The molecular formula is C16H8S2Se2. The number of hydrogen-bond acceptors (Lipinski definition) is 2. The molecule has 20 heavy (non-hydrogen) atoms. The van der Waals surface area contributed by atoms with E-state index in [2.05, 4.69) is 48.5 Å². The van der Waals surface area contributed by atoms with Crippen LogP contribution in [-0.2, 0) is 0 Å². The first-order valence-corrected chi connectivity index (χ1v) is 10.4. The number of fused-ring (bicyclic) bond motifs is 2. The molecule has 0 amide bonds. The summed E-state index contributed by atoms with van der Waals surface area (Å²) in [7, 11) is 0. The van der Waals surface area contributed by atoms with Gasteiger partial charge in [0, 0.05) is 0 Å². The molecule has 96 valence electrons. The Labute approximate surface area is 141 Å². The van der Waals surface area contributed by atoms with Crippen LogP contribution < -0.4 is 0 Å². The molecule has 0 aromatic heterocycles. The van der Waals surface area contributed by atoms with Gasteiger partial charge in [-0.05, 0) is 0 Å². The van der Waals surface area contributed by atoms with Crippen LogP contribution in [0.15, 0.2) is 48.5 Å². The van der Waals surface area contributed by atoms with Gasteiger partial charge in [-0.25, -0.2) is 0 Å². The minimum absolute atomic E-state index is 0.267. The molecule has 0 radical (unpaired) electrons. The van der Waals surface area contributed by atoms with Gasteiger partial charge in [0.2, 0.25) is 0 Å². The number of thiocarbonyl (C=S) groups is 2. The molecule has 2 aromatic rings. The van der Waals surface area contributed by atoms with Crippen LogP contribution in [0.2, 0.25) is 0 Å². The van der Waals surface area contributed by atoms with Crippen molar-refractivity contribution in [1.29, 1.82) is 0 Å². The van der Waals surface area contributed by atoms with Gasteiger partial charge in [0.05, 0.1) is 0 Å². The third-order valence-electron chi connectivity index (χ3n) is 3.38. The van der Waals surface area contributed by atoms with Gasteiger partial charge >= 0.3 is 142 Å². The summed E-state index contributed by atoms with van der Waals surface area (Å²) in [6.45, 7) is 0. The fourth-order valence-electron chi connectivity index (χ4n) is 2.46. The molecule has 2 aliphatic rings. The standard InChI is InChI=1S/C16H8S2Se2/c17-15-11-7-3-1-5-9(11)13(19-15)14-10-6-2-4-8-12(10)16(18)20-14/h1-8H/b14-13+. The molecule has 0 N–H and O–H groups in total. The molecule has 0 bridgehead atoms. The van der Waals surface area contributed by atoms with E-state index < -0.39 is 0 Å². The Bertz CT molecular complexity index is 738. The Balaban J connectivity index is 1.99. The van der Waals surface area contributed by atoms with Gasteiger partial charge < -0.3 is 0 Å². The molecule has 4 heteroatoms. The van der Waals surface area contributed by atoms with E-state index in [1.54, 1.807) is 0 Å². The fraction of sp³-hybridized carbons (Fsp3) is 0. The topological polar surface area (TPSA) is 0 Å². The van der Waals surface area contributed by atoms with E-state index in [-0.39, 0.29) is 29.9 Å². The first-order valence-electron chi connectivity index (χ1n) is 6.13. The van der Waals surface area contributed by atoms with Crippen molar-refractivity contribution in [3.05, 3.63) is 70.8 Å². The summed E-state index contributed by atoms with van der Waals surface area (Å²) in [4.78, 5) is 0. The van der Waals surface area contributed by atoms with Crippen LogP contribution in [0.5, 0.6) is 0 Å². The Morgan fingerprint density at radius 1 is 0.550 bits per heavy atom. The van der Waals surface area contributed by atoms with Crippen molar-refractivity contribution in [2.75, 3.05) is 0 Å². The van der Waals surface area contributed by atoms with Crippen LogP contribution in [0.4, 0.5) is 0 Å². The zero-order valence-corrected chi connectivity index (χ0v) is 15.3. The minimum atomic E-state index is 0.267. The third kappa shape index (κ3) is 1.92. The van der Waals surface area contributed by atoms with Crippen molar-refractivity contribution in [1.82, 2.24) is 0 Å². The number of benzene rings is 2. The zero-order valence-electron chi connectivity index (χ0n) is 10.3. The molecule has 0 aliphatic carbocycles. The molecule has 2 heterocycles. The quantitative estimate of drug-likeness (QED) is 0.472. The van der Waals surface area contributed by atoms with E-state index in [1.807, 2.05) is 0 Å². The van der Waals surface area contributed by atoms with Crippen molar-refractivity contribution >= 4 is 70.8 Å². The summed E-state index contributed by atoms with van der Waals surface area (Å²) >= 11 is 11.7. The zero-order chi connectivity index (χ0) is 13.7. The molecule has 0 nitrogen and oxygen atoms in total. The van der Waals surface area contributed by atoms with Gasteiger partial charge in [-0.2, -0.15) is 0 Å². The Morgan fingerprint density at radius 2 is 0.900 bits per heavy atom. The van der Waals surface area contributed by atoms with Crippen LogP contribution >= 0.6 is 24.4 Å². The van der Waals surface area contributed by atoms with E-state index in [4.69, 9.17) is 24.4 Å². The fourth-order valence-corrected chi connectivity index (χ4v) is 8.64. The predicted molar refractivity (Wildman–Crippen MR) is 94.6 cm³/mol. The summed E-state index contributed by atoms with van der Waals surface area (Å²) in [5, 5.41) is 0. The maximum absolute atomic E-state index is 5.58. The Kier molecular flexibility index (Phi) is 3.27. The van der Waals surface area contributed by atoms with Crippen LogP contribution in [0.1, 0.15) is 22.3 Å². The molecule has 0 fully saturated rings. The van der Waals surface area contributed by atoms with Crippen molar-refractivity contribution in [3.8, 4) is 0 Å². The number of rotatable bonds is 0.